The molecule has 0 aliphatic carbocycles. The number of hydrogen-bond acceptors (Lipinski definition) is 2. The molecule has 112 valence electrons. The van der Waals surface area contributed by atoms with E-state index in [0.717, 1.165) is 0 Å². The Bertz CT molecular complexity index is 671. The molecule has 0 bridgehead atoms. The molecule has 1 N–H and O–H groups in total. The van der Waals surface area contributed by atoms with Crippen LogP contribution in [0, 0.1) is 0 Å². The molecule has 1 aromatic heterocycles. The van der Waals surface area contributed by atoms with Crippen molar-refractivity contribution >= 4 is 34.6 Å². The minimum absolute atomic E-state index is 0.0885. The molecule has 1 aromatic carbocycles. The lowest BCUT2D eigenvalue weighted by atomic mass is 10.0. The summed E-state index contributed by atoms with van der Waals surface area (Å²) in [6, 6.07) is 11.8. The fourth-order valence-electron chi connectivity index (χ4n) is 2.02. The molecule has 0 aliphatic heterocycles. The maximum absolute atomic E-state index is 12.8. The summed E-state index contributed by atoms with van der Waals surface area (Å²) in [5.74, 6) is -0.0885. The van der Waals surface area contributed by atoms with Crippen LogP contribution in [-0.4, -0.2) is 17.3 Å². The molecule has 3 nitrogen and oxygen atoms in total. The largest absolute Gasteiger partial charge is 0.370 e. The van der Waals surface area contributed by atoms with E-state index in [0.29, 0.717) is 22.1 Å². The van der Waals surface area contributed by atoms with Gasteiger partial charge in [0.1, 0.15) is 0 Å². The van der Waals surface area contributed by atoms with E-state index in [-0.39, 0.29) is 5.78 Å². The number of carbonyl (C=O) groups excluding carboxylic acids is 1. The van der Waals surface area contributed by atoms with Gasteiger partial charge >= 0.3 is 0 Å². The van der Waals surface area contributed by atoms with Gasteiger partial charge in [0.05, 0.1) is 0 Å². The molecule has 0 aliphatic rings. The number of pyridine rings is 1. The van der Waals surface area contributed by atoms with Crippen molar-refractivity contribution in [1.29, 1.82) is 0 Å². The number of rotatable bonds is 6. The van der Waals surface area contributed by atoms with Crippen LogP contribution in [-0.2, 0) is 0 Å². The van der Waals surface area contributed by atoms with Gasteiger partial charge in [-0.2, -0.15) is 4.57 Å². The van der Waals surface area contributed by atoms with Crippen LogP contribution in [0.1, 0.15) is 16.4 Å². The maximum Gasteiger partial charge on any atom is 0.270 e. The summed E-state index contributed by atoms with van der Waals surface area (Å²) >= 11 is 11.3. The predicted molar refractivity (Wildman–Crippen MR) is 92.3 cm³/mol. The van der Waals surface area contributed by atoms with Gasteiger partial charge in [0, 0.05) is 29.3 Å². The van der Waals surface area contributed by atoms with Crippen molar-refractivity contribution in [3.05, 3.63) is 78.1 Å². The molecule has 0 amide bonds. The molecule has 22 heavy (non-hydrogen) atoms. The number of nitrogens with zero attached hydrogens (tertiary/aromatic N) is 1. The molecule has 1 unspecified atom stereocenters. The molecule has 2 aromatic rings. The second-order valence-electron chi connectivity index (χ2n) is 4.63. The van der Waals surface area contributed by atoms with E-state index in [4.69, 9.17) is 23.8 Å². The first-order chi connectivity index (χ1) is 10.6. The van der Waals surface area contributed by atoms with Gasteiger partial charge in [-0.25, -0.2) is 0 Å². The summed E-state index contributed by atoms with van der Waals surface area (Å²) in [5, 5.41) is 3.63. The average Bonchev–Trinajstić information content (AvgIpc) is 2.54. The van der Waals surface area contributed by atoms with Gasteiger partial charge in [-0.1, -0.05) is 36.0 Å². The van der Waals surface area contributed by atoms with Crippen molar-refractivity contribution in [1.82, 2.24) is 5.32 Å². The Morgan fingerprint density at radius 2 is 1.91 bits per heavy atom. The van der Waals surface area contributed by atoms with Crippen molar-refractivity contribution in [2.75, 3.05) is 6.54 Å². The maximum atomic E-state index is 12.8. The minimum Gasteiger partial charge on any atom is -0.370 e. The molecule has 5 heteroatoms. The quantitative estimate of drug-likeness (QED) is 0.382. The Morgan fingerprint density at radius 1 is 1.27 bits per heavy atom. The Labute approximate surface area is 140 Å². The molecule has 2 rings (SSSR count). The predicted octanol–water partition coefficient (Wildman–Crippen LogP) is 3.15. The molecule has 0 saturated carbocycles. The van der Waals surface area contributed by atoms with E-state index in [1.807, 2.05) is 30.6 Å². The zero-order valence-electron chi connectivity index (χ0n) is 11.9. The normalized spacial score (nSPS) is 11.5. The number of thiocarbonyl (C=S) groups is 1. The molecule has 0 spiro atoms. The van der Waals surface area contributed by atoms with Gasteiger partial charge in [-0.05, 0) is 24.3 Å². The van der Waals surface area contributed by atoms with Gasteiger partial charge in [-0.15, -0.1) is 6.58 Å². The van der Waals surface area contributed by atoms with Crippen molar-refractivity contribution in [3.63, 3.8) is 0 Å². The van der Waals surface area contributed by atoms with Gasteiger partial charge in [0.15, 0.2) is 17.4 Å². The van der Waals surface area contributed by atoms with Crippen molar-refractivity contribution < 1.29 is 9.36 Å². The number of hydrogen-bond donors (Lipinski definition) is 1. The van der Waals surface area contributed by atoms with E-state index in [1.165, 1.54) is 0 Å². The first-order valence-corrected chi connectivity index (χ1v) is 7.56. The number of Topliss-reactive ketones (excluding diaryl/α,β-unsaturated/α-hetero) is 1. The van der Waals surface area contributed by atoms with Crippen LogP contribution in [0.2, 0.25) is 5.02 Å². The van der Waals surface area contributed by atoms with Crippen LogP contribution in [0.3, 0.4) is 0 Å². The second-order valence-corrected chi connectivity index (χ2v) is 5.51. The summed E-state index contributed by atoms with van der Waals surface area (Å²) < 4.78 is 1.79. The first-order valence-electron chi connectivity index (χ1n) is 6.77. The fourth-order valence-corrected chi connectivity index (χ4v) is 2.45. The molecule has 1 atom stereocenters. The molecule has 1 heterocycles. The smallest absolute Gasteiger partial charge is 0.270 e. The zero-order valence-corrected chi connectivity index (χ0v) is 13.5. The summed E-state index contributed by atoms with van der Waals surface area (Å²) in [6.07, 6.45) is 5.34. The highest BCUT2D eigenvalue weighted by Gasteiger charge is 2.32. The van der Waals surface area contributed by atoms with E-state index in [2.05, 4.69) is 11.9 Å². The monoisotopic (exact) mass is 331 g/mol. The summed E-state index contributed by atoms with van der Waals surface area (Å²) in [7, 11) is 0. The lowest BCUT2D eigenvalue weighted by molar-refractivity contribution is -0.692. The Morgan fingerprint density at radius 3 is 2.50 bits per heavy atom. The number of nitrogens with one attached hydrogen (secondary N) is 1. The number of aromatic nitrogens is 1. The summed E-state index contributed by atoms with van der Waals surface area (Å²) in [4.78, 5) is 13.3. The third-order valence-electron chi connectivity index (χ3n) is 3.08. The van der Waals surface area contributed by atoms with Crippen molar-refractivity contribution in [3.8, 4) is 0 Å². The Balaban J connectivity index is 2.35. The second kappa shape index (κ2) is 7.82. The topological polar surface area (TPSA) is 33.0 Å². The summed E-state index contributed by atoms with van der Waals surface area (Å²) in [5.41, 5.74) is 0.563. The van der Waals surface area contributed by atoms with Crippen molar-refractivity contribution in [2.24, 2.45) is 0 Å². The minimum atomic E-state index is -0.600. The molecule has 0 saturated heterocycles. The SMILES string of the molecule is C=CCNC(=S)C(C(=O)c1ccc(Cl)cc1)[n+]1ccccc1. The van der Waals surface area contributed by atoms with Gasteiger partial charge in [0.25, 0.3) is 6.04 Å². The van der Waals surface area contributed by atoms with Gasteiger partial charge < -0.3 is 5.32 Å². The fraction of sp³-hybridized carbons (Fsp3) is 0.118. The Hall–Kier alpha value is -2.04. The summed E-state index contributed by atoms with van der Waals surface area (Å²) in [6.45, 7) is 4.16. The molecule has 0 radical (unpaired) electrons. The third-order valence-corrected chi connectivity index (χ3v) is 3.70. The molecule has 0 fully saturated rings. The van der Waals surface area contributed by atoms with E-state index >= 15 is 0 Å². The highest BCUT2D eigenvalue weighted by atomic mass is 35.5. The first kappa shape index (κ1) is 16.3. The number of ketones is 1. The zero-order chi connectivity index (χ0) is 15.9. The van der Waals surface area contributed by atoms with E-state index in [9.17, 15) is 4.79 Å². The van der Waals surface area contributed by atoms with Gasteiger partial charge in [-0.3, -0.25) is 4.79 Å². The van der Waals surface area contributed by atoms with Crippen LogP contribution in [0.5, 0.6) is 0 Å². The third kappa shape index (κ3) is 4.00. The number of carbonyl (C=O) groups is 1. The Kier molecular flexibility index (Phi) is 5.81. The van der Waals surface area contributed by atoms with Crippen LogP contribution in [0.15, 0.2) is 67.5 Å². The molecular weight excluding hydrogens is 316 g/mol. The van der Waals surface area contributed by atoms with Crippen LogP contribution < -0.4 is 9.88 Å². The highest BCUT2D eigenvalue weighted by molar-refractivity contribution is 7.80. The van der Waals surface area contributed by atoms with Gasteiger partial charge in [0.2, 0.25) is 5.78 Å². The standard InChI is InChI=1S/C17H15ClN2OS/c1-2-10-19-17(22)15(20-11-4-3-5-12-20)16(21)13-6-8-14(18)9-7-13/h2-9,11-12,15H,1,10H2/p+1. The average molecular weight is 332 g/mol. The van der Waals surface area contributed by atoms with Crippen molar-refractivity contribution in [2.45, 2.75) is 6.04 Å². The highest BCUT2D eigenvalue weighted by Crippen LogP contribution is 2.14. The molecular formula is C17H16ClN2OS+. The lowest BCUT2D eigenvalue weighted by Gasteiger charge is -2.13. The van der Waals surface area contributed by atoms with E-state index < -0.39 is 6.04 Å². The van der Waals surface area contributed by atoms with Crippen LogP contribution in [0.4, 0.5) is 0 Å². The lowest BCUT2D eigenvalue weighted by Crippen LogP contribution is -2.51. The number of halogens is 1. The van der Waals surface area contributed by atoms with Crippen LogP contribution >= 0.6 is 23.8 Å². The number of benzene rings is 1. The van der Waals surface area contributed by atoms with E-state index in [1.54, 1.807) is 34.9 Å². The van der Waals surface area contributed by atoms with Crippen LogP contribution in [0.25, 0.3) is 0 Å².